The van der Waals surface area contributed by atoms with E-state index in [-0.39, 0.29) is 0 Å². The Morgan fingerprint density at radius 1 is 1.17 bits per heavy atom. The minimum absolute atomic E-state index is 0.355. The molecule has 0 saturated heterocycles. The fourth-order valence-corrected chi connectivity index (χ4v) is 3.02. The molecule has 1 aliphatic carbocycles. The summed E-state index contributed by atoms with van der Waals surface area (Å²) in [4.78, 5) is 10.9. The Morgan fingerprint density at radius 2 is 1.72 bits per heavy atom. The first-order valence-corrected chi connectivity index (χ1v) is 8.12. The number of hydrogen-bond acceptors (Lipinski definition) is 1. The predicted octanol–water partition coefficient (Wildman–Crippen LogP) is 5.62. The van der Waals surface area contributed by atoms with Crippen LogP contribution >= 0.6 is 0 Å². The summed E-state index contributed by atoms with van der Waals surface area (Å²) in [5.74, 6) is 3.17. The zero-order valence-corrected chi connectivity index (χ0v) is 13.3. The molecule has 0 aliphatic heterocycles. The van der Waals surface area contributed by atoms with Crippen LogP contribution in [0.4, 0.5) is 0 Å². The van der Waals surface area contributed by atoms with Crippen molar-refractivity contribution in [1.29, 1.82) is 0 Å². The Bertz CT molecular complexity index is 202. The molecule has 0 heterocycles. The average molecular weight is 254 g/mol. The molecule has 1 rings (SSSR count). The SMILES string of the molecule is CC.CCC(C)C1CCC(CCCC(C)=O)CC1. The summed E-state index contributed by atoms with van der Waals surface area (Å²) in [5.41, 5.74) is 0. The third-order valence-corrected chi connectivity index (χ3v) is 4.48. The van der Waals surface area contributed by atoms with Gasteiger partial charge in [-0.2, -0.15) is 0 Å². The third-order valence-electron chi connectivity index (χ3n) is 4.48. The molecule has 0 aromatic carbocycles. The van der Waals surface area contributed by atoms with Gasteiger partial charge in [-0.15, -0.1) is 0 Å². The monoisotopic (exact) mass is 254 g/mol. The zero-order valence-electron chi connectivity index (χ0n) is 13.3. The third kappa shape index (κ3) is 7.18. The van der Waals surface area contributed by atoms with E-state index < -0.39 is 0 Å². The van der Waals surface area contributed by atoms with Gasteiger partial charge in [0.2, 0.25) is 0 Å². The van der Waals surface area contributed by atoms with Gasteiger partial charge in [0.15, 0.2) is 0 Å². The number of hydrogen-bond donors (Lipinski definition) is 0. The van der Waals surface area contributed by atoms with E-state index in [1.807, 2.05) is 13.8 Å². The summed E-state index contributed by atoms with van der Waals surface area (Å²) >= 11 is 0. The minimum Gasteiger partial charge on any atom is -0.300 e. The molecule has 0 aromatic heterocycles. The van der Waals surface area contributed by atoms with Crippen molar-refractivity contribution in [1.82, 2.24) is 0 Å². The molecule has 1 saturated carbocycles. The second-order valence-electron chi connectivity index (χ2n) is 5.76. The average Bonchev–Trinajstić information content (AvgIpc) is 2.40. The van der Waals surface area contributed by atoms with Gasteiger partial charge in [-0.1, -0.05) is 53.4 Å². The van der Waals surface area contributed by atoms with Crippen LogP contribution < -0.4 is 0 Å². The lowest BCUT2D eigenvalue weighted by Crippen LogP contribution is -2.19. The molecule has 108 valence electrons. The number of carbonyl (C=O) groups excluding carboxylic acids is 1. The Hall–Kier alpha value is -0.330. The summed E-state index contributed by atoms with van der Waals surface area (Å²) in [6, 6.07) is 0. The Kier molecular flexibility index (Phi) is 10.4. The summed E-state index contributed by atoms with van der Waals surface area (Å²) in [6.45, 7) is 10.4. The van der Waals surface area contributed by atoms with Crippen molar-refractivity contribution < 1.29 is 4.79 Å². The Balaban J connectivity index is 0.00000137. The molecule has 0 bridgehead atoms. The van der Waals surface area contributed by atoms with Crippen LogP contribution in [0.3, 0.4) is 0 Å². The van der Waals surface area contributed by atoms with E-state index >= 15 is 0 Å². The lowest BCUT2D eigenvalue weighted by molar-refractivity contribution is -0.117. The molecule has 0 N–H and O–H groups in total. The number of Topliss-reactive ketones (excluding diaryl/α,β-unsaturated/α-hetero) is 1. The Morgan fingerprint density at radius 3 is 2.17 bits per heavy atom. The maximum Gasteiger partial charge on any atom is 0.129 e. The molecule has 0 amide bonds. The van der Waals surface area contributed by atoms with Crippen LogP contribution in [0.2, 0.25) is 0 Å². The molecule has 1 heteroatoms. The highest BCUT2D eigenvalue weighted by Crippen LogP contribution is 2.36. The highest BCUT2D eigenvalue weighted by Gasteiger charge is 2.23. The van der Waals surface area contributed by atoms with Crippen molar-refractivity contribution in [3.05, 3.63) is 0 Å². The normalized spacial score (nSPS) is 24.9. The predicted molar refractivity (Wildman–Crippen MR) is 80.8 cm³/mol. The maximum atomic E-state index is 10.9. The van der Waals surface area contributed by atoms with Crippen molar-refractivity contribution in [2.75, 3.05) is 0 Å². The van der Waals surface area contributed by atoms with Crippen LogP contribution in [0.25, 0.3) is 0 Å². The van der Waals surface area contributed by atoms with Gasteiger partial charge in [0.05, 0.1) is 0 Å². The van der Waals surface area contributed by atoms with Gasteiger partial charge < -0.3 is 4.79 Å². The van der Waals surface area contributed by atoms with E-state index in [0.717, 1.165) is 30.6 Å². The van der Waals surface area contributed by atoms with Gasteiger partial charge >= 0.3 is 0 Å². The van der Waals surface area contributed by atoms with Gasteiger partial charge in [-0.25, -0.2) is 0 Å². The van der Waals surface area contributed by atoms with Crippen LogP contribution in [0.1, 0.15) is 86.0 Å². The molecule has 1 nitrogen and oxygen atoms in total. The summed E-state index contributed by atoms with van der Waals surface area (Å²) < 4.78 is 0. The maximum absolute atomic E-state index is 10.9. The van der Waals surface area contributed by atoms with Gasteiger partial charge in [-0.3, -0.25) is 0 Å². The van der Waals surface area contributed by atoms with Crippen molar-refractivity contribution >= 4 is 5.78 Å². The van der Waals surface area contributed by atoms with Gasteiger partial charge in [-0.05, 0) is 43.9 Å². The zero-order chi connectivity index (χ0) is 14.0. The fourth-order valence-electron chi connectivity index (χ4n) is 3.02. The summed E-state index contributed by atoms with van der Waals surface area (Å²) in [5, 5.41) is 0. The first-order valence-electron chi connectivity index (χ1n) is 8.12. The summed E-state index contributed by atoms with van der Waals surface area (Å²) in [7, 11) is 0. The fraction of sp³-hybridized carbons (Fsp3) is 0.941. The van der Waals surface area contributed by atoms with E-state index in [2.05, 4.69) is 13.8 Å². The molecule has 1 atom stereocenters. The van der Waals surface area contributed by atoms with Crippen molar-refractivity contribution in [3.63, 3.8) is 0 Å². The molecular weight excluding hydrogens is 220 g/mol. The van der Waals surface area contributed by atoms with Crippen LogP contribution in [-0.4, -0.2) is 5.78 Å². The molecule has 1 aliphatic rings. The quantitative estimate of drug-likeness (QED) is 0.601. The lowest BCUT2D eigenvalue weighted by Gasteiger charge is -2.32. The summed E-state index contributed by atoms with van der Waals surface area (Å²) in [6.07, 6.45) is 10.2. The second-order valence-corrected chi connectivity index (χ2v) is 5.76. The molecule has 1 unspecified atom stereocenters. The topological polar surface area (TPSA) is 17.1 Å². The van der Waals surface area contributed by atoms with Crippen molar-refractivity contribution in [3.8, 4) is 0 Å². The van der Waals surface area contributed by atoms with E-state index in [9.17, 15) is 4.79 Å². The first-order chi connectivity index (χ1) is 8.63. The number of ketones is 1. The van der Waals surface area contributed by atoms with Gasteiger partial charge in [0, 0.05) is 6.42 Å². The van der Waals surface area contributed by atoms with Gasteiger partial charge in [0.1, 0.15) is 5.78 Å². The van der Waals surface area contributed by atoms with Crippen molar-refractivity contribution in [2.45, 2.75) is 86.0 Å². The highest BCUT2D eigenvalue weighted by atomic mass is 16.1. The van der Waals surface area contributed by atoms with E-state index in [1.165, 1.54) is 38.5 Å². The largest absolute Gasteiger partial charge is 0.300 e. The first kappa shape index (κ1) is 17.7. The molecular formula is C17H34O. The molecule has 18 heavy (non-hydrogen) atoms. The van der Waals surface area contributed by atoms with E-state index in [0.29, 0.717) is 5.78 Å². The number of carbonyl (C=O) groups is 1. The van der Waals surface area contributed by atoms with E-state index in [4.69, 9.17) is 0 Å². The van der Waals surface area contributed by atoms with Crippen molar-refractivity contribution in [2.24, 2.45) is 17.8 Å². The second kappa shape index (κ2) is 10.6. The van der Waals surface area contributed by atoms with E-state index in [1.54, 1.807) is 6.92 Å². The molecule has 0 radical (unpaired) electrons. The van der Waals surface area contributed by atoms with Crippen LogP contribution in [0, 0.1) is 17.8 Å². The lowest BCUT2D eigenvalue weighted by atomic mass is 9.74. The van der Waals surface area contributed by atoms with Crippen LogP contribution in [0.5, 0.6) is 0 Å². The molecule has 1 fully saturated rings. The number of rotatable bonds is 6. The van der Waals surface area contributed by atoms with Crippen LogP contribution in [0.15, 0.2) is 0 Å². The van der Waals surface area contributed by atoms with Crippen LogP contribution in [-0.2, 0) is 4.79 Å². The Labute approximate surface area is 115 Å². The smallest absolute Gasteiger partial charge is 0.129 e. The van der Waals surface area contributed by atoms with Gasteiger partial charge in [0.25, 0.3) is 0 Å². The minimum atomic E-state index is 0.355. The molecule has 0 spiro atoms. The highest BCUT2D eigenvalue weighted by molar-refractivity contribution is 5.75. The molecule has 0 aromatic rings. The standard InChI is InChI=1S/C15H28O.C2H6/c1-4-12(2)15-10-8-14(9-11-15)7-5-6-13(3)16;1-2/h12,14-15H,4-11H2,1-3H3;1-2H3.